The van der Waals surface area contributed by atoms with E-state index in [0.29, 0.717) is 31.3 Å². The molecule has 3 aromatic rings. The van der Waals surface area contributed by atoms with Crippen molar-refractivity contribution in [1.29, 1.82) is 0 Å². The van der Waals surface area contributed by atoms with E-state index in [-0.39, 0.29) is 11.7 Å². The smallest absolute Gasteiger partial charge is 0.230 e. The van der Waals surface area contributed by atoms with Crippen molar-refractivity contribution in [1.82, 2.24) is 20.1 Å². The van der Waals surface area contributed by atoms with E-state index in [2.05, 4.69) is 37.1 Å². The second-order valence-electron chi connectivity index (χ2n) is 7.47. The summed E-state index contributed by atoms with van der Waals surface area (Å²) in [5.41, 5.74) is 2.26. The number of nitrogens with zero attached hydrogens (tertiary/aromatic N) is 4. The van der Waals surface area contributed by atoms with Gasteiger partial charge < -0.3 is 15.0 Å². The quantitative estimate of drug-likeness (QED) is 0.483. The van der Waals surface area contributed by atoms with Crippen molar-refractivity contribution >= 4 is 35.2 Å². The van der Waals surface area contributed by atoms with E-state index in [1.807, 2.05) is 42.5 Å². The molecule has 2 heterocycles. The third kappa shape index (κ3) is 6.25. The summed E-state index contributed by atoms with van der Waals surface area (Å²) >= 11 is 7.42. The van der Waals surface area contributed by atoms with Crippen molar-refractivity contribution in [2.24, 2.45) is 0 Å². The number of benzene rings is 2. The van der Waals surface area contributed by atoms with Crippen molar-refractivity contribution in [3.63, 3.8) is 0 Å². The zero-order chi connectivity index (χ0) is 22.2. The molecule has 0 bridgehead atoms. The lowest BCUT2D eigenvalue weighted by molar-refractivity contribution is -0.118. The summed E-state index contributed by atoms with van der Waals surface area (Å²) in [7, 11) is 0. The van der Waals surface area contributed by atoms with Crippen molar-refractivity contribution in [3.8, 4) is 0 Å². The predicted octanol–water partition coefficient (Wildman–Crippen LogP) is 3.27. The summed E-state index contributed by atoms with van der Waals surface area (Å²) in [6.07, 6.45) is 0.738. The average molecular weight is 472 g/mol. The molecule has 1 saturated heterocycles. The zero-order valence-corrected chi connectivity index (χ0v) is 19.3. The molecule has 1 aliphatic heterocycles. The van der Waals surface area contributed by atoms with E-state index in [0.717, 1.165) is 41.7 Å². The second kappa shape index (κ2) is 11.4. The maximum Gasteiger partial charge on any atom is 0.230 e. The van der Waals surface area contributed by atoms with Gasteiger partial charge in [-0.3, -0.25) is 9.36 Å². The number of nitrogens with one attached hydrogen (secondary N) is 1. The normalized spacial score (nSPS) is 13.8. The Balaban J connectivity index is 1.37. The van der Waals surface area contributed by atoms with Crippen LogP contribution in [0.1, 0.15) is 11.1 Å². The van der Waals surface area contributed by atoms with Gasteiger partial charge in [0, 0.05) is 24.7 Å². The van der Waals surface area contributed by atoms with Gasteiger partial charge in [0.2, 0.25) is 11.9 Å². The first kappa shape index (κ1) is 22.6. The maximum atomic E-state index is 12.4. The highest BCUT2D eigenvalue weighted by atomic mass is 35.5. The number of hydrogen-bond acceptors (Lipinski definition) is 6. The fourth-order valence-electron chi connectivity index (χ4n) is 3.51. The van der Waals surface area contributed by atoms with Crippen molar-refractivity contribution in [3.05, 3.63) is 70.7 Å². The standard InChI is InChI=1S/C23H26ClN5O2S/c24-20-8-4-7-18(15-20)9-10-25-21(30)17-32-23-27-26-22(28-11-13-31-14-12-28)29(23)16-19-5-2-1-3-6-19/h1-8,15H,9-14,16-17H2,(H,25,30). The van der Waals surface area contributed by atoms with Crippen LogP contribution in [0, 0.1) is 0 Å². The van der Waals surface area contributed by atoms with Gasteiger partial charge in [-0.25, -0.2) is 0 Å². The average Bonchev–Trinajstić information content (AvgIpc) is 3.21. The Bertz CT molecular complexity index is 1020. The molecule has 0 atom stereocenters. The van der Waals surface area contributed by atoms with Gasteiger partial charge in [0.05, 0.1) is 25.5 Å². The molecular weight excluding hydrogens is 446 g/mol. The molecule has 0 saturated carbocycles. The number of thioether (sulfide) groups is 1. The largest absolute Gasteiger partial charge is 0.378 e. The summed E-state index contributed by atoms with van der Waals surface area (Å²) in [5, 5.41) is 13.3. The van der Waals surface area contributed by atoms with Crippen LogP contribution in [0.15, 0.2) is 59.8 Å². The second-order valence-corrected chi connectivity index (χ2v) is 8.85. The fraction of sp³-hybridized carbons (Fsp3) is 0.348. The van der Waals surface area contributed by atoms with E-state index in [4.69, 9.17) is 16.3 Å². The van der Waals surface area contributed by atoms with Gasteiger partial charge >= 0.3 is 0 Å². The monoisotopic (exact) mass is 471 g/mol. The summed E-state index contributed by atoms with van der Waals surface area (Å²) in [6.45, 7) is 4.13. The minimum absolute atomic E-state index is 0.0285. The molecule has 1 fully saturated rings. The first-order valence-electron chi connectivity index (χ1n) is 10.6. The minimum atomic E-state index is -0.0285. The van der Waals surface area contributed by atoms with Crippen LogP contribution in [-0.4, -0.2) is 59.3 Å². The summed E-state index contributed by atoms with van der Waals surface area (Å²) in [4.78, 5) is 14.6. The molecule has 0 unspecified atom stereocenters. The zero-order valence-electron chi connectivity index (χ0n) is 17.7. The SMILES string of the molecule is O=C(CSc1nnc(N2CCOCC2)n1Cc1ccccc1)NCCc1cccc(Cl)c1. The number of hydrogen-bond donors (Lipinski definition) is 1. The number of amides is 1. The molecule has 1 amide bonds. The van der Waals surface area contributed by atoms with Crippen LogP contribution >= 0.6 is 23.4 Å². The van der Waals surface area contributed by atoms with Crippen LogP contribution < -0.4 is 10.2 Å². The molecule has 4 rings (SSSR count). The number of aromatic nitrogens is 3. The minimum Gasteiger partial charge on any atom is -0.378 e. The van der Waals surface area contributed by atoms with E-state index < -0.39 is 0 Å². The lowest BCUT2D eigenvalue weighted by atomic mass is 10.1. The summed E-state index contributed by atoms with van der Waals surface area (Å²) in [5.74, 6) is 1.08. The van der Waals surface area contributed by atoms with Crippen molar-refractivity contribution in [2.75, 3.05) is 43.5 Å². The molecular formula is C23H26ClN5O2S. The van der Waals surface area contributed by atoms with Crippen LogP contribution in [-0.2, 0) is 22.5 Å². The van der Waals surface area contributed by atoms with E-state index in [1.54, 1.807) is 0 Å². The van der Waals surface area contributed by atoms with Crippen LogP contribution in [0.4, 0.5) is 5.95 Å². The van der Waals surface area contributed by atoms with Gasteiger partial charge in [-0.15, -0.1) is 10.2 Å². The number of carbonyl (C=O) groups excluding carboxylic acids is 1. The first-order valence-corrected chi connectivity index (χ1v) is 12.0. The van der Waals surface area contributed by atoms with Crippen LogP contribution in [0.5, 0.6) is 0 Å². The van der Waals surface area contributed by atoms with E-state index in [1.165, 1.54) is 11.8 Å². The molecule has 32 heavy (non-hydrogen) atoms. The third-order valence-corrected chi connectivity index (χ3v) is 6.33. The third-order valence-electron chi connectivity index (χ3n) is 5.13. The highest BCUT2D eigenvalue weighted by Crippen LogP contribution is 2.24. The summed E-state index contributed by atoms with van der Waals surface area (Å²) in [6, 6.07) is 17.9. The molecule has 0 radical (unpaired) electrons. The molecule has 168 valence electrons. The molecule has 0 spiro atoms. The van der Waals surface area contributed by atoms with Gasteiger partial charge in [-0.1, -0.05) is 65.8 Å². The lowest BCUT2D eigenvalue weighted by Crippen LogP contribution is -2.38. The summed E-state index contributed by atoms with van der Waals surface area (Å²) < 4.78 is 7.56. The molecule has 9 heteroatoms. The topological polar surface area (TPSA) is 72.3 Å². The van der Waals surface area contributed by atoms with Crippen molar-refractivity contribution in [2.45, 2.75) is 18.1 Å². The molecule has 2 aromatic carbocycles. The van der Waals surface area contributed by atoms with Crippen molar-refractivity contribution < 1.29 is 9.53 Å². The molecule has 1 aromatic heterocycles. The highest BCUT2D eigenvalue weighted by molar-refractivity contribution is 7.99. The fourth-order valence-corrected chi connectivity index (χ4v) is 4.49. The number of rotatable bonds is 9. The van der Waals surface area contributed by atoms with Crippen LogP contribution in [0.25, 0.3) is 0 Å². The van der Waals surface area contributed by atoms with Gasteiger partial charge in [0.1, 0.15) is 0 Å². The number of ether oxygens (including phenoxy) is 1. The Kier molecular flexibility index (Phi) is 8.03. The Labute approximate surface area is 197 Å². The Hall–Kier alpha value is -2.55. The number of carbonyl (C=O) groups is 1. The molecule has 0 aliphatic carbocycles. The Morgan fingerprint density at radius 1 is 1.06 bits per heavy atom. The van der Waals surface area contributed by atoms with E-state index >= 15 is 0 Å². The van der Waals surface area contributed by atoms with Gasteiger partial charge in [-0.2, -0.15) is 0 Å². The predicted molar refractivity (Wildman–Crippen MR) is 127 cm³/mol. The van der Waals surface area contributed by atoms with Gasteiger partial charge in [-0.05, 0) is 29.7 Å². The van der Waals surface area contributed by atoms with Crippen LogP contribution in [0.2, 0.25) is 5.02 Å². The number of morpholine rings is 1. The molecule has 1 aliphatic rings. The lowest BCUT2D eigenvalue weighted by Gasteiger charge is -2.28. The van der Waals surface area contributed by atoms with Gasteiger partial charge in [0.15, 0.2) is 5.16 Å². The van der Waals surface area contributed by atoms with Crippen LogP contribution in [0.3, 0.4) is 0 Å². The molecule has 1 N–H and O–H groups in total. The van der Waals surface area contributed by atoms with Gasteiger partial charge in [0.25, 0.3) is 0 Å². The highest BCUT2D eigenvalue weighted by Gasteiger charge is 2.21. The Morgan fingerprint density at radius 2 is 1.84 bits per heavy atom. The first-order chi connectivity index (χ1) is 15.7. The number of halogens is 1. The van der Waals surface area contributed by atoms with E-state index in [9.17, 15) is 4.79 Å². The number of anilines is 1. The Morgan fingerprint density at radius 3 is 2.62 bits per heavy atom. The maximum absolute atomic E-state index is 12.4. The molecule has 7 nitrogen and oxygen atoms in total.